The van der Waals surface area contributed by atoms with E-state index in [0.29, 0.717) is 64.2 Å². The van der Waals surface area contributed by atoms with E-state index >= 15 is 0 Å². The van der Waals surface area contributed by atoms with Crippen molar-refractivity contribution in [3.05, 3.63) is 30.1 Å². The van der Waals surface area contributed by atoms with Gasteiger partial charge in [-0.3, -0.25) is 9.59 Å². The lowest BCUT2D eigenvalue weighted by atomic mass is 9.91. The molecule has 1 aliphatic carbocycles. The third-order valence-electron chi connectivity index (χ3n) is 8.05. The van der Waals surface area contributed by atoms with Crippen LogP contribution in [0.1, 0.15) is 42.7 Å². The van der Waals surface area contributed by atoms with Gasteiger partial charge < -0.3 is 33.8 Å². The Hall–Kier alpha value is -3.18. The molecule has 0 unspecified atom stereocenters. The lowest BCUT2D eigenvalue weighted by Gasteiger charge is -2.42. The summed E-state index contributed by atoms with van der Waals surface area (Å²) in [5.41, 5.74) is 1.66. The number of ether oxygens (including phenoxy) is 2. The summed E-state index contributed by atoms with van der Waals surface area (Å²) >= 11 is 0. The van der Waals surface area contributed by atoms with Crippen LogP contribution in [0, 0.1) is 11.8 Å². The molecule has 3 heterocycles. The number of carboxylic acid groups (broad SMARTS) is 1. The number of benzene rings is 1. The minimum absolute atomic E-state index is 0.0570. The Labute approximate surface area is 228 Å². The zero-order valence-electron chi connectivity index (χ0n) is 22.7. The third-order valence-corrected chi connectivity index (χ3v) is 8.05. The second-order valence-electron chi connectivity index (χ2n) is 10.9. The monoisotopic (exact) mass is 541 g/mol. The molecule has 2 aromatic rings. The second-order valence-corrected chi connectivity index (χ2v) is 10.9. The number of fused-ring (bicyclic) bond motifs is 1. The number of carbonyl (C=O) groups excluding carboxylic acids is 2. The van der Waals surface area contributed by atoms with Crippen molar-refractivity contribution in [1.29, 1.82) is 0 Å². The maximum absolute atomic E-state index is 14.3. The summed E-state index contributed by atoms with van der Waals surface area (Å²) in [4.78, 5) is 49.5. The average Bonchev–Trinajstić information content (AvgIpc) is 3.72. The number of morpholine rings is 1. The van der Waals surface area contributed by atoms with Gasteiger partial charge in [-0.2, -0.15) is 0 Å². The van der Waals surface area contributed by atoms with Crippen LogP contribution in [0.25, 0.3) is 11.0 Å². The molecule has 2 atom stereocenters. The minimum Gasteiger partial charge on any atom is -0.465 e. The highest BCUT2D eigenvalue weighted by Gasteiger charge is 2.42. The van der Waals surface area contributed by atoms with Crippen LogP contribution in [-0.4, -0.2) is 113 Å². The Bertz CT molecular complexity index is 1170. The van der Waals surface area contributed by atoms with Gasteiger partial charge in [0.15, 0.2) is 5.82 Å². The Morgan fingerprint density at radius 2 is 1.87 bits per heavy atom. The van der Waals surface area contributed by atoms with E-state index < -0.39 is 18.1 Å². The summed E-state index contributed by atoms with van der Waals surface area (Å²) in [6.45, 7) is 4.13. The van der Waals surface area contributed by atoms with E-state index in [1.165, 1.54) is 4.90 Å². The molecule has 1 N–H and O–H groups in total. The molecule has 3 fully saturated rings. The van der Waals surface area contributed by atoms with Crippen LogP contribution in [0.15, 0.2) is 24.3 Å². The van der Waals surface area contributed by atoms with Crippen molar-refractivity contribution in [2.75, 3.05) is 59.7 Å². The average molecular weight is 542 g/mol. The summed E-state index contributed by atoms with van der Waals surface area (Å²) < 4.78 is 12.6. The number of hydrogen-bond donors (Lipinski definition) is 1. The fourth-order valence-electron chi connectivity index (χ4n) is 5.76. The van der Waals surface area contributed by atoms with Gasteiger partial charge in [0.05, 0.1) is 36.2 Å². The van der Waals surface area contributed by atoms with E-state index in [0.717, 1.165) is 36.7 Å². The van der Waals surface area contributed by atoms with Gasteiger partial charge in [0, 0.05) is 53.0 Å². The largest absolute Gasteiger partial charge is 0.465 e. The SMILES string of the molecule is COCCCCn1c(C(=O)N(CC2CC2)[C@H]2C[C@@H](C(=O)N3CCOCC3)CN(C(=O)O)C2)nc2ccccc21. The molecule has 5 rings (SSSR count). The van der Waals surface area contributed by atoms with Crippen LogP contribution < -0.4 is 0 Å². The number of imidazole rings is 1. The molecule has 39 heavy (non-hydrogen) atoms. The van der Waals surface area contributed by atoms with Gasteiger partial charge in [0.2, 0.25) is 5.91 Å². The molecule has 0 bridgehead atoms. The normalized spacial score (nSPS) is 21.8. The predicted molar refractivity (Wildman–Crippen MR) is 143 cm³/mol. The van der Waals surface area contributed by atoms with Crippen LogP contribution in [0.5, 0.6) is 0 Å². The number of methoxy groups -OCH3 is 1. The van der Waals surface area contributed by atoms with Crippen molar-refractivity contribution in [2.45, 2.75) is 44.7 Å². The third kappa shape index (κ3) is 6.36. The molecule has 1 aromatic carbocycles. The number of rotatable bonds is 10. The van der Waals surface area contributed by atoms with Crippen molar-refractivity contribution in [3.63, 3.8) is 0 Å². The number of nitrogens with zero attached hydrogens (tertiary/aromatic N) is 5. The number of aromatic nitrogens is 2. The van der Waals surface area contributed by atoms with Gasteiger partial charge in [-0.25, -0.2) is 9.78 Å². The maximum Gasteiger partial charge on any atom is 0.407 e. The van der Waals surface area contributed by atoms with E-state index in [9.17, 15) is 19.5 Å². The highest BCUT2D eigenvalue weighted by atomic mass is 16.5. The number of unbranched alkanes of at least 4 members (excludes halogenated alkanes) is 1. The van der Waals surface area contributed by atoms with E-state index in [1.54, 1.807) is 12.0 Å². The fraction of sp³-hybridized carbons (Fsp3) is 0.643. The summed E-state index contributed by atoms with van der Waals surface area (Å²) in [6.07, 6.45) is 3.16. The summed E-state index contributed by atoms with van der Waals surface area (Å²) in [6, 6.07) is 7.34. The first-order chi connectivity index (χ1) is 19.0. The molecule has 11 heteroatoms. The Morgan fingerprint density at radius 3 is 2.59 bits per heavy atom. The van der Waals surface area contributed by atoms with E-state index in [4.69, 9.17) is 14.5 Å². The molecule has 2 saturated heterocycles. The zero-order chi connectivity index (χ0) is 27.4. The summed E-state index contributed by atoms with van der Waals surface area (Å²) in [5.74, 6) is 0.0123. The Balaban J connectivity index is 1.43. The van der Waals surface area contributed by atoms with E-state index in [2.05, 4.69) is 0 Å². The van der Waals surface area contributed by atoms with Gasteiger partial charge in [0.25, 0.3) is 5.91 Å². The number of hydrogen-bond acceptors (Lipinski definition) is 6. The molecular formula is C28H39N5O6. The van der Waals surface area contributed by atoms with E-state index in [-0.39, 0.29) is 24.9 Å². The molecule has 2 aliphatic heterocycles. The lowest BCUT2D eigenvalue weighted by molar-refractivity contribution is -0.142. The molecular weight excluding hydrogens is 502 g/mol. The Kier molecular flexibility index (Phi) is 8.66. The number of carbonyl (C=O) groups is 3. The summed E-state index contributed by atoms with van der Waals surface area (Å²) in [5, 5.41) is 9.93. The first-order valence-corrected chi connectivity index (χ1v) is 14.1. The highest BCUT2D eigenvalue weighted by molar-refractivity contribution is 5.95. The number of amides is 3. The standard InChI is InChI=1S/C28H39N5O6/c1-38-13-5-4-10-32-24-7-3-2-6-23(24)29-25(32)27(35)33(17-20-8-9-20)22-16-21(18-31(19-22)28(36)37)26(34)30-11-14-39-15-12-30/h2-3,6-7,20-22H,4-5,8-19H2,1H3,(H,36,37)/t21-,22+/m1/s1. The van der Waals surface area contributed by atoms with Crippen molar-refractivity contribution in [1.82, 2.24) is 24.3 Å². The van der Waals surface area contributed by atoms with Crippen molar-refractivity contribution in [3.8, 4) is 0 Å². The van der Waals surface area contributed by atoms with Gasteiger partial charge in [-0.15, -0.1) is 0 Å². The molecule has 3 aliphatic rings. The fourth-order valence-corrected chi connectivity index (χ4v) is 5.76. The number of aryl methyl sites for hydroxylation is 1. The van der Waals surface area contributed by atoms with Crippen molar-refractivity contribution < 1.29 is 29.0 Å². The van der Waals surface area contributed by atoms with Crippen LogP contribution in [0.4, 0.5) is 4.79 Å². The molecule has 0 radical (unpaired) electrons. The van der Waals surface area contributed by atoms with Gasteiger partial charge >= 0.3 is 6.09 Å². The van der Waals surface area contributed by atoms with Gasteiger partial charge in [0.1, 0.15) is 0 Å². The molecule has 1 saturated carbocycles. The quantitative estimate of drug-likeness (QED) is 0.460. The summed E-state index contributed by atoms with van der Waals surface area (Å²) in [7, 11) is 1.68. The number of piperidine rings is 1. The first-order valence-electron chi connectivity index (χ1n) is 14.1. The first kappa shape index (κ1) is 27.4. The van der Waals surface area contributed by atoms with Crippen LogP contribution in [0.2, 0.25) is 0 Å². The number of para-hydroxylation sites is 2. The van der Waals surface area contributed by atoms with Crippen LogP contribution in [0.3, 0.4) is 0 Å². The van der Waals surface area contributed by atoms with Gasteiger partial charge in [-0.05, 0) is 50.2 Å². The van der Waals surface area contributed by atoms with E-state index in [1.807, 2.05) is 33.7 Å². The van der Waals surface area contributed by atoms with Crippen LogP contribution in [-0.2, 0) is 20.8 Å². The highest BCUT2D eigenvalue weighted by Crippen LogP contribution is 2.33. The topological polar surface area (TPSA) is 117 Å². The Morgan fingerprint density at radius 1 is 1.10 bits per heavy atom. The molecule has 1 aromatic heterocycles. The second kappa shape index (κ2) is 12.3. The van der Waals surface area contributed by atoms with Crippen molar-refractivity contribution in [2.24, 2.45) is 11.8 Å². The zero-order valence-corrected chi connectivity index (χ0v) is 22.7. The van der Waals surface area contributed by atoms with Gasteiger partial charge in [-0.1, -0.05) is 12.1 Å². The molecule has 11 nitrogen and oxygen atoms in total. The molecule has 3 amide bonds. The molecule has 212 valence electrons. The maximum atomic E-state index is 14.3. The number of likely N-dealkylation sites (tertiary alicyclic amines) is 1. The minimum atomic E-state index is -1.07. The van der Waals surface area contributed by atoms with Crippen LogP contribution >= 0.6 is 0 Å². The molecule has 0 spiro atoms. The lowest BCUT2D eigenvalue weighted by Crippen LogP contribution is -2.58. The smallest absolute Gasteiger partial charge is 0.407 e. The predicted octanol–water partition coefficient (Wildman–Crippen LogP) is 2.54. The van der Waals surface area contributed by atoms with Crippen molar-refractivity contribution >= 4 is 28.9 Å².